The Bertz CT molecular complexity index is 353. The van der Waals surface area contributed by atoms with Crippen molar-refractivity contribution in [2.24, 2.45) is 16.3 Å². The van der Waals surface area contributed by atoms with Crippen molar-refractivity contribution in [3.8, 4) is 0 Å². The van der Waals surface area contributed by atoms with E-state index in [2.05, 4.69) is 36.3 Å². The van der Waals surface area contributed by atoms with Gasteiger partial charge in [-0.05, 0) is 51.7 Å². The van der Waals surface area contributed by atoms with E-state index in [1.165, 1.54) is 38.9 Å². The number of rotatable bonds is 7. The average molecular weight is 438 g/mol. The first-order valence-corrected chi connectivity index (χ1v) is 8.93. The number of nitrogens with zero attached hydrogens (tertiary/aromatic N) is 2. The van der Waals surface area contributed by atoms with Crippen LogP contribution in [0.4, 0.5) is 0 Å². The first-order chi connectivity index (χ1) is 10.6. The van der Waals surface area contributed by atoms with Crippen molar-refractivity contribution in [3.05, 3.63) is 0 Å². The summed E-state index contributed by atoms with van der Waals surface area (Å²) in [5.41, 5.74) is 0.243. The highest BCUT2D eigenvalue weighted by molar-refractivity contribution is 14.0. The van der Waals surface area contributed by atoms with Gasteiger partial charge in [0.1, 0.15) is 0 Å². The summed E-state index contributed by atoms with van der Waals surface area (Å²) >= 11 is 0. The second-order valence-electron chi connectivity index (χ2n) is 7.30. The van der Waals surface area contributed by atoms with E-state index in [-0.39, 0.29) is 29.4 Å². The van der Waals surface area contributed by atoms with Gasteiger partial charge in [0.15, 0.2) is 5.96 Å². The predicted octanol–water partition coefficient (Wildman–Crippen LogP) is 2.32. The predicted molar refractivity (Wildman–Crippen MR) is 108 cm³/mol. The van der Waals surface area contributed by atoms with E-state index in [0.717, 1.165) is 44.7 Å². The van der Waals surface area contributed by atoms with Crippen LogP contribution in [0.2, 0.25) is 0 Å². The molecule has 0 amide bonds. The fourth-order valence-electron chi connectivity index (χ4n) is 2.95. The Hall–Kier alpha value is -0.0800. The van der Waals surface area contributed by atoms with E-state index in [4.69, 9.17) is 9.73 Å². The molecule has 136 valence electrons. The van der Waals surface area contributed by atoms with Gasteiger partial charge in [0.25, 0.3) is 0 Å². The van der Waals surface area contributed by atoms with Crippen LogP contribution in [-0.2, 0) is 4.74 Å². The van der Waals surface area contributed by atoms with E-state index in [1.54, 1.807) is 0 Å². The molecule has 2 heterocycles. The topological polar surface area (TPSA) is 48.9 Å². The fourth-order valence-corrected chi connectivity index (χ4v) is 2.95. The zero-order chi connectivity index (χ0) is 15.8. The van der Waals surface area contributed by atoms with Gasteiger partial charge in [-0.1, -0.05) is 13.8 Å². The fraction of sp³-hybridized carbons (Fsp3) is 0.941. The Morgan fingerprint density at radius 2 is 1.96 bits per heavy atom. The molecule has 0 aromatic rings. The molecule has 0 radical (unpaired) electrons. The lowest BCUT2D eigenvalue weighted by molar-refractivity contribution is -0.0945. The number of piperidine rings is 1. The molecule has 0 atom stereocenters. The SMILES string of the molecule is CCNC(=NCC1(C)COC1)NCCCN1CCC(C)CC1.I. The Morgan fingerprint density at radius 3 is 2.52 bits per heavy atom. The third-order valence-corrected chi connectivity index (χ3v) is 4.68. The molecule has 2 aliphatic heterocycles. The van der Waals surface area contributed by atoms with E-state index in [1.807, 2.05) is 0 Å². The molecule has 0 unspecified atom stereocenters. The van der Waals surface area contributed by atoms with Gasteiger partial charge in [0.2, 0.25) is 0 Å². The maximum Gasteiger partial charge on any atom is 0.191 e. The number of aliphatic imine (C=N–C) groups is 1. The quantitative estimate of drug-likeness (QED) is 0.277. The van der Waals surface area contributed by atoms with Crippen molar-refractivity contribution in [1.29, 1.82) is 0 Å². The summed E-state index contributed by atoms with van der Waals surface area (Å²) in [4.78, 5) is 7.30. The summed E-state index contributed by atoms with van der Waals surface area (Å²) in [5, 5.41) is 6.79. The van der Waals surface area contributed by atoms with Crippen LogP contribution in [0.5, 0.6) is 0 Å². The molecule has 0 aromatic carbocycles. The summed E-state index contributed by atoms with van der Waals surface area (Å²) in [6.45, 7) is 14.9. The van der Waals surface area contributed by atoms with Crippen molar-refractivity contribution in [1.82, 2.24) is 15.5 Å². The molecule has 0 spiro atoms. The summed E-state index contributed by atoms with van der Waals surface area (Å²) in [6.07, 6.45) is 3.90. The smallest absolute Gasteiger partial charge is 0.191 e. The highest BCUT2D eigenvalue weighted by Gasteiger charge is 2.33. The second-order valence-corrected chi connectivity index (χ2v) is 7.30. The third kappa shape index (κ3) is 7.56. The van der Waals surface area contributed by atoms with Crippen LogP contribution in [0.25, 0.3) is 0 Å². The minimum Gasteiger partial charge on any atom is -0.380 e. The van der Waals surface area contributed by atoms with Crippen LogP contribution in [0, 0.1) is 11.3 Å². The monoisotopic (exact) mass is 438 g/mol. The van der Waals surface area contributed by atoms with Crippen molar-refractivity contribution in [3.63, 3.8) is 0 Å². The number of likely N-dealkylation sites (tertiary alicyclic amines) is 1. The van der Waals surface area contributed by atoms with Gasteiger partial charge in [-0.2, -0.15) is 0 Å². The van der Waals surface area contributed by atoms with Crippen molar-refractivity contribution in [2.45, 2.75) is 40.0 Å². The van der Waals surface area contributed by atoms with Gasteiger partial charge in [-0.25, -0.2) is 0 Å². The lowest BCUT2D eigenvalue weighted by atomic mass is 9.89. The zero-order valence-corrected chi connectivity index (χ0v) is 17.4. The van der Waals surface area contributed by atoms with Crippen LogP contribution < -0.4 is 10.6 Å². The Morgan fingerprint density at radius 1 is 1.26 bits per heavy atom. The molecule has 0 saturated carbocycles. The molecular weight excluding hydrogens is 403 g/mol. The maximum absolute atomic E-state index is 5.29. The Balaban J connectivity index is 0.00000264. The number of ether oxygens (including phenoxy) is 1. The zero-order valence-electron chi connectivity index (χ0n) is 15.1. The van der Waals surface area contributed by atoms with E-state index in [0.29, 0.717) is 0 Å². The maximum atomic E-state index is 5.29. The lowest BCUT2D eigenvalue weighted by Gasteiger charge is -2.36. The van der Waals surface area contributed by atoms with Crippen molar-refractivity contribution >= 4 is 29.9 Å². The molecule has 0 aromatic heterocycles. The van der Waals surface area contributed by atoms with Crippen LogP contribution in [0.3, 0.4) is 0 Å². The van der Waals surface area contributed by atoms with Gasteiger partial charge in [-0.3, -0.25) is 4.99 Å². The van der Waals surface area contributed by atoms with Crippen LogP contribution in [0.1, 0.15) is 40.0 Å². The third-order valence-electron chi connectivity index (χ3n) is 4.68. The lowest BCUT2D eigenvalue weighted by Crippen LogP contribution is -2.44. The largest absolute Gasteiger partial charge is 0.380 e. The summed E-state index contributed by atoms with van der Waals surface area (Å²) in [6, 6.07) is 0. The second kappa shape index (κ2) is 10.7. The highest BCUT2D eigenvalue weighted by Crippen LogP contribution is 2.26. The van der Waals surface area contributed by atoms with Gasteiger partial charge >= 0.3 is 0 Å². The molecule has 2 aliphatic rings. The Labute approximate surface area is 159 Å². The van der Waals surface area contributed by atoms with Crippen molar-refractivity contribution in [2.75, 3.05) is 52.5 Å². The number of hydrogen-bond acceptors (Lipinski definition) is 3. The highest BCUT2D eigenvalue weighted by atomic mass is 127. The molecule has 2 N–H and O–H groups in total. The van der Waals surface area contributed by atoms with Gasteiger partial charge < -0.3 is 20.3 Å². The average Bonchev–Trinajstić information content (AvgIpc) is 2.49. The number of nitrogens with one attached hydrogen (secondary N) is 2. The first-order valence-electron chi connectivity index (χ1n) is 8.93. The number of halogens is 1. The van der Waals surface area contributed by atoms with Gasteiger partial charge in [-0.15, -0.1) is 24.0 Å². The molecular formula is C17H35IN4O. The summed E-state index contributed by atoms with van der Waals surface area (Å²) in [7, 11) is 0. The van der Waals surface area contributed by atoms with Gasteiger partial charge in [0.05, 0.1) is 19.8 Å². The molecule has 5 nitrogen and oxygen atoms in total. The van der Waals surface area contributed by atoms with E-state index in [9.17, 15) is 0 Å². The molecule has 0 aliphatic carbocycles. The van der Waals surface area contributed by atoms with E-state index < -0.39 is 0 Å². The number of guanidine groups is 1. The molecule has 2 rings (SSSR count). The van der Waals surface area contributed by atoms with Crippen LogP contribution >= 0.6 is 24.0 Å². The van der Waals surface area contributed by atoms with Crippen LogP contribution in [-0.4, -0.2) is 63.3 Å². The number of hydrogen-bond donors (Lipinski definition) is 2. The van der Waals surface area contributed by atoms with Crippen LogP contribution in [0.15, 0.2) is 4.99 Å². The minimum atomic E-state index is 0. The molecule has 0 bridgehead atoms. The van der Waals surface area contributed by atoms with Gasteiger partial charge in [0, 0.05) is 18.5 Å². The molecule has 2 saturated heterocycles. The minimum absolute atomic E-state index is 0. The summed E-state index contributed by atoms with van der Waals surface area (Å²) in [5.74, 6) is 1.86. The normalized spacial score (nSPS) is 22.1. The van der Waals surface area contributed by atoms with Crippen molar-refractivity contribution < 1.29 is 4.74 Å². The first kappa shape index (κ1) is 21.0. The Kier molecular flexibility index (Phi) is 9.77. The molecule has 2 fully saturated rings. The molecule has 23 heavy (non-hydrogen) atoms. The van der Waals surface area contributed by atoms with E-state index >= 15 is 0 Å². The standard InChI is InChI=1S/C17H34N4O.HI/c1-4-18-16(20-12-17(3)13-22-14-17)19-8-5-9-21-10-6-15(2)7-11-21;/h15H,4-14H2,1-3H3,(H2,18,19,20);1H. The molecule has 6 heteroatoms. The summed E-state index contributed by atoms with van der Waals surface area (Å²) < 4.78 is 5.29.